The lowest BCUT2D eigenvalue weighted by Crippen LogP contribution is -2.23. The van der Waals surface area contributed by atoms with E-state index in [0.29, 0.717) is 12.2 Å². The molecule has 0 N–H and O–H groups in total. The van der Waals surface area contributed by atoms with E-state index >= 15 is 0 Å². The third-order valence-corrected chi connectivity index (χ3v) is 4.52. The van der Waals surface area contributed by atoms with Crippen LogP contribution in [0.5, 0.6) is 0 Å². The van der Waals surface area contributed by atoms with E-state index in [4.69, 9.17) is 4.74 Å². The minimum absolute atomic E-state index is 0.682. The van der Waals surface area contributed by atoms with Crippen LogP contribution in [0.25, 0.3) is 0 Å². The highest BCUT2D eigenvalue weighted by Crippen LogP contribution is 2.50. The van der Waals surface area contributed by atoms with Gasteiger partial charge in [-0.2, -0.15) is 0 Å². The van der Waals surface area contributed by atoms with E-state index in [9.17, 15) is 0 Å². The first-order valence-corrected chi connectivity index (χ1v) is 6.04. The molecule has 0 aromatic carbocycles. The predicted molar refractivity (Wildman–Crippen MR) is 52.6 cm³/mol. The van der Waals surface area contributed by atoms with E-state index < -0.39 is 0 Å². The quantitative estimate of drug-likeness (QED) is 0.521. The maximum absolute atomic E-state index is 5.59. The lowest BCUT2D eigenvalue weighted by molar-refractivity contribution is 0.138. The molecule has 1 saturated heterocycles. The van der Waals surface area contributed by atoms with Crippen molar-refractivity contribution in [3.63, 3.8) is 0 Å². The van der Waals surface area contributed by atoms with Gasteiger partial charge >= 0.3 is 0 Å². The van der Waals surface area contributed by atoms with Gasteiger partial charge in [0.1, 0.15) is 0 Å². The van der Waals surface area contributed by atoms with Gasteiger partial charge in [-0.1, -0.05) is 19.3 Å². The van der Waals surface area contributed by atoms with Gasteiger partial charge in [-0.25, -0.2) is 0 Å². The average Bonchev–Trinajstić information content (AvgIpc) is 2.92. The second-order valence-electron chi connectivity index (χ2n) is 5.35. The minimum Gasteiger partial charge on any atom is -0.370 e. The monoisotopic (exact) mass is 180 g/mol. The molecule has 1 heterocycles. The second kappa shape index (κ2) is 2.98. The van der Waals surface area contributed by atoms with Crippen LogP contribution in [0.15, 0.2) is 0 Å². The largest absolute Gasteiger partial charge is 0.370 e. The van der Waals surface area contributed by atoms with E-state index in [-0.39, 0.29) is 0 Å². The molecule has 2 saturated carbocycles. The van der Waals surface area contributed by atoms with Crippen LogP contribution in [0.1, 0.15) is 57.8 Å². The number of hydrogen-bond acceptors (Lipinski definition) is 1. The Labute approximate surface area is 80.8 Å². The Hall–Kier alpha value is -0.0400. The van der Waals surface area contributed by atoms with Gasteiger partial charge in [-0.05, 0) is 43.9 Å². The van der Waals surface area contributed by atoms with Gasteiger partial charge in [0.25, 0.3) is 0 Å². The van der Waals surface area contributed by atoms with Crippen molar-refractivity contribution >= 4 is 0 Å². The van der Waals surface area contributed by atoms with Crippen LogP contribution in [0.3, 0.4) is 0 Å². The molecule has 1 aliphatic heterocycles. The predicted octanol–water partition coefficient (Wildman–Crippen LogP) is 3.28. The zero-order valence-electron chi connectivity index (χ0n) is 8.43. The number of rotatable bonds is 0. The summed E-state index contributed by atoms with van der Waals surface area (Å²) in [5.74, 6) is 0. The molecule has 0 aromatic rings. The molecule has 1 nitrogen and oxygen atoms in total. The van der Waals surface area contributed by atoms with Crippen molar-refractivity contribution in [1.29, 1.82) is 0 Å². The van der Waals surface area contributed by atoms with E-state index in [1.54, 1.807) is 0 Å². The summed E-state index contributed by atoms with van der Waals surface area (Å²) in [4.78, 5) is 0. The molecule has 74 valence electrons. The van der Waals surface area contributed by atoms with Crippen LogP contribution in [0.4, 0.5) is 0 Å². The Bertz CT molecular complexity index is 179. The van der Waals surface area contributed by atoms with Crippen molar-refractivity contribution in [1.82, 2.24) is 0 Å². The standard InChI is InChI=1S/C12H20O/c1-2-6-12(7-3-1)8-4-10-11(13-10)5-9-12/h10-11H,1-9H2. The van der Waals surface area contributed by atoms with Crippen LogP contribution in [0.2, 0.25) is 0 Å². The first kappa shape index (κ1) is 8.28. The number of epoxide rings is 1. The molecule has 13 heavy (non-hydrogen) atoms. The van der Waals surface area contributed by atoms with Crippen molar-refractivity contribution in [3.8, 4) is 0 Å². The third-order valence-electron chi connectivity index (χ3n) is 4.52. The molecule has 0 aromatic heterocycles. The van der Waals surface area contributed by atoms with Gasteiger partial charge in [-0.3, -0.25) is 0 Å². The number of ether oxygens (including phenoxy) is 1. The van der Waals surface area contributed by atoms with Crippen molar-refractivity contribution < 1.29 is 4.74 Å². The van der Waals surface area contributed by atoms with E-state index in [1.165, 1.54) is 57.8 Å². The molecule has 2 atom stereocenters. The lowest BCUT2D eigenvalue weighted by Gasteiger charge is -2.36. The maximum Gasteiger partial charge on any atom is 0.0842 e. The Morgan fingerprint density at radius 2 is 1.38 bits per heavy atom. The van der Waals surface area contributed by atoms with Crippen LogP contribution in [-0.4, -0.2) is 12.2 Å². The second-order valence-corrected chi connectivity index (χ2v) is 5.35. The first-order chi connectivity index (χ1) is 6.38. The van der Waals surface area contributed by atoms with E-state index in [1.807, 2.05) is 0 Å². The van der Waals surface area contributed by atoms with Crippen molar-refractivity contribution in [3.05, 3.63) is 0 Å². The van der Waals surface area contributed by atoms with Crippen molar-refractivity contribution in [2.75, 3.05) is 0 Å². The lowest BCUT2D eigenvalue weighted by atomic mass is 9.69. The number of hydrogen-bond donors (Lipinski definition) is 0. The van der Waals surface area contributed by atoms with E-state index in [2.05, 4.69) is 0 Å². The third kappa shape index (κ3) is 1.52. The normalized spacial score (nSPS) is 42.5. The van der Waals surface area contributed by atoms with Crippen LogP contribution in [0, 0.1) is 5.41 Å². The highest BCUT2D eigenvalue weighted by molar-refractivity contribution is 4.95. The van der Waals surface area contributed by atoms with Gasteiger partial charge < -0.3 is 4.74 Å². The van der Waals surface area contributed by atoms with Crippen LogP contribution in [-0.2, 0) is 4.74 Å². The molecule has 3 rings (SSSR count). The Morgan fingerprint density at radius 3 is 2.00 bits per heavy atom. The SMILES string of the molecule is C1CCC2(CC1)CCC1OC1CC2. The fourth-order valence-electron chi connectivity index (χ4n) is 3.51. The summed E-state index contributed by atoms with van der Waals surface area (Å²) in [7, 11) is 0. The molecule has 0 radical (unpaired) electrons. The first-order valence-electron chi connectivity index (χ1n) is 6.04. The van der Waals surface area contributed by atoms with Gasteiger partial charge in [0.2, 0.25) is 0 Å². The summed E-state index contributed by atoms with van der Waals surface area (Å²) in [6.45, 7) is 0. The van der Waals surface area contributed by atoms with Crippen molar-refractivity contribution in [2.24, 2.45) is 5.41 Å². The van der Waals surface area contributed by atoms with Crippen LogP contribution < -0.4 is 0 Å². The maximum atomic E-state index is 5.59. The summed E-state index contributed by atoms with van der Waals surface area (Å²) in [6, 6.07) is 0. The Kier molecular flexibility index (Phi) is 1.90. The molecule has 0 bridgehead atoms. The fraction of sp³-hybridized carbons (Fsp3) is 1.00. The highest BCUT2D eigenvalue weighted by atomic mass is 16.6. The van der Waals surface area contributed by atoms with Gasteiger partial charge in [0, 0.05) is 0 Å². The molecule has 3 aliphatic rings. The zero-order chi connectivity index (χ0) is 8.73. The Morgan fingerprint density at radius 1 is 0.769 bits per heavy atom. The molecule has 3 fully saturated rings. The topological polar surface area (TPSA) is 12.5 Å². The molecular weight excluding hydrogens is 160 g/mol. The fourth-order valence-corrected chi connectivity index (χ4v) is 3.51. The molecular formula is C12H20O. The zero-order valence-corrected chi connectivity index (χ0v) is 8.43. The molecule has 1 heteroatoms. The molecule has 0 amide bonds. The van der Waals surface area contributed by atoms with Crippen molar-refractivity contribution in [2.45, 2.75) is 70.0 Å². The van der Waals surface area contributed by atoms with E-state index in [0.717, 1.165) is 5.41 Å². The number of fused-ring (bicyclic) bond motifs is 1. The summed E-state index contributed by atoms with van der Waals surface area (Å²) < 4.78 is 5.59. The van der Waals surface area contributed by atoms with Gasteiger partial charge in [0.15, 0.2) is 0 Å². The van der Waals surface area contributed by atoms with Gasteiger partial charge in [0.05, 0.1) is 12.2 Å². The minimum atomic E-state index is 0.682. The summed E-state index contributed by atoms with van der Waals surface area (Å²) >= 11 is 0. The summed E-state index contributed by atoms with van der Waals surface area (Å²) in [5, 5.41) is 0. The summed E-state index contributed by atoms with van der Waals surface area (Å²) in [5.41, 5.74) is 0.773. The molecule has 2 unspecified atom stereocenters. The summed E-state index contributed by atoms with van der Waals surface area (Å²) in [6.07, 6.45) is 14.6. The van der Waals surface area contributed by atoms with Gasteiger partial charge in [-0.15, -0.1) is 0 Å². The highest BCUT2D eigenvalue weighted by Gasteiger charge is 2.45. The molecule has 2 aliphatic carbocycles. The smallest absolute Gasteiger partial charge is 0.0842 e. The molecule has 1 spiro atoms. The van der Waals surface area contributed by atoms with Crippen LogP contribution >= 0.6 is 0 Å². The Balaban J connectivity index is 1.68. The average molecular weight is 180 g/mol.